The molecule has 3 rings (SSSR count). The highest BCUT2D eigenvalue weighted by atomic mass is 16.5. The number of carbonyl (C=O) groups is 1. The number of benzene rings is 2. The van der Waals surface area contributed by atoms with Crippen LogP contribution in [0.2, 0.25) is 0 Å². The number of hydrogen-bond donors (Lipinski definition) is 0. The second-order valence-electron chi connectivity index (χ2n) is 7.52. The van der Waals surface area contributed by atoms with E-state index in [1.807, 2.05) is 4.90 Å². The zero-order valence-corrected chi connectivity index (χ0v) is 17.4. The molecule has 1 aliphatic rings. The first-order valence-corrected chi connectivity index (χ1v) is 10.1. The highest BCUT2D eigenvalue weighted by molar-refractivity contribution is 5.77. The van der Waals surface area contributed by atoms with Crippen LogP contribution in [0.4, 0.5) is 0 Å². The van der Waals surface area contributed by atoms with Gasteiger partial charge in [0.1, 0.15) is 0 Å². The second-order valence-corrected chi connectivity index (χ2v) is 7.52. The van der Waals surface area contributed by atoms with E-state index in [0.29, 0.717) is 36.5 Å². The Morgan fingerprint density at radius 3 is 2.72 bits per heavy atom. The molecule has 1 fully saturated rings. The summed E-state index contributed by atoms with van der Waals surface area (Å²) >= 11 is 0. The van der Waals surface area contributed by atoms with Crippen LogP contribution in [0.3, 0.4) is 0 Å². The third-order valence-electron chi connectivity index (χ3n) is 5.57. The minimum absolute atomic E-state index is 0.182. The van der Waals surface area contributed by atoms with Crippen molar-refractivity contribution in [2.24, 2.45) is 0 Å². The van der Waals surface area contributed by atoms with Gasteiger partial charge in [-0.15, -0.1) is 0 Å². The number of nitriles is 1. The summed E-state index contributed by atoms with van der Waals surface area (Å²) in [5, 5.41) is 8.97. The van der Waals surface area contributed by atoms with E-state index in [2.05, 4.69) is 38.1 Å². The highest BCUT2D eigenvalue weighted by Crippen LogP contribution is 2.33. The summed E-state index contributed by atoms with van der Waals surface area (Å²) in [6, 6.07) is 13.9. The van der Waals surface area contributed by atoms with E-state index in [0.717, 1.165) is 19.4 Å². The van der Waals surface area contributed by atoms with E-state index in [4.69, 9.17) is 14.7 Å². The number of hydrogen-bond acceptors (Lipinski definition) is 4. The molecule has 29 heavy (non-hydrogen) atoms. The van der Waals surface area contributed by atoms with Crippen molar-refractivity contribution in [3.05, 3.63) is 58.7 Å². The number of aryl methyl sites for hydroxylation is 2. The summed E-state index contributed by atoms with van der Waals surface area (Å²) in [5.74, 6) is 1.30. The van der Waals surface area contributed by atoms with Crippen LogP contribution in [0.5, 0.6) is 11.5 Å². The van der Waals surface area contributed by atoms with Crippen molar-refractivity contribution in [2.45, 2.75) is 45.6 Å². The van der Waals surface area contributed by atoms with Crippen molar-refractivity contribution in [3.8, 4) is 17.6 Å². The van der Waals surface area contributed by atoms with E-state index in [9.17, 15) is 4.79 Å². The Hall–Kier alpha value is -3.00. The van der Waals surface area contributed by atoms with Crippen molar-refractivity contribution >= 4 is 5.91 Å². The number of amides is 1. The maximum Gasteiger partial charge on any atom is 0.223 e. The Kier molecular flexibility index (Phi) is 6.77. The van der Waals surface area contributed by atoms with Crippen molar-refractivity contribution in [1.29, 1.82) is 5.26 Å². The largest absolute Gasteiger partial charge is 0.493 e. The molecule has 5 nitrogen and oxygen atoms in total. The van der Waals surface area contributed by atoms with Gasteiger partial charge in [-0.05, 0) is 61.9 Å². The Labute approximate surface area is 172 Å². The molecule has 0 aromatic heterocycles. The summed E-state index contributed by atoms with van der Waals surface area (Å²) in [6.45, 7) is 5.48. The number of carbonyl (C=O) groups excluding carboxylic acids is 1. The van der Waals surface area contributed by atoms with Crippen molar-refractivity contribution < 1.29 is 14.3 Å². The maximum atomic E-state index is 12.8. The van der Waals surface area contributed by atoms with Crippen molar-refractivity contribution in [3.63, 3.8) is 0 Å². The van der Waals surface area contributed by atoms with Gasteiger partial charge < -0.3 is 14.4 Å². The van der Waals surface area contributed by atoms with Crippen LogP contribution in [0, 0.1) is 25.2 Å². The molecular weight excluding hydrogens is 364 g/mol. The molecule has 0 spiro atoms. The lowest BCUT2D eigenvalue weighted by Crippen LogP contribution is -2.30. The summed E-state index contributed by atoms with van der Waals surface area (Å²) in [7, 11) is 1.55. The summed E-state index contributed by atoms with van der Waals surface area (Å²) < 4.78 is 11.1. The normalized spacial score (nSPS) is 15.8. The molecule has 1 unspecified atom stereocenters. The van der Waals surface area contributed by atoms with E-state index in [1.165, 1.54) is 16.7 Å². The molecule has 0 aliphatic carbocycles. The fourth-order valence-electron chi connectivity index (χ4n) is 3.79. The predicted molar refractivity (Wildman–Crippen MR) is 112 cm³/mol. The summed E-state index contributed by atoms with van der Waals surface area (Å²) in [6.07, 6.45) is 3.16. The van der Waals surface area contributed by atoms with Gasteiger partial charge in [0, 0.05) is 19.0 Å². The minimum atomic E-state index is 0.182. The molecule has 0 bridgehead atoms. The molecule has 5 heteroatoms. The van der Waals surface area contributed by atoms with E-state index >= 15 is 0 Å². The van der Waals surface area contributed by atoms with Crippen LogP contribution in [0.25, 0.3) is 0 Å². The van der Waals surface area contributed by atoms with Crippen LogP contribution in [-0.2, 0) is 4.79 Å². The monoisotopic (exact) mass is 392 g/mol. The molecule has 1 amide bonds. The highest BCUT2D eigenvalue weighted by Gasteiger charge is 2.29. The van der Waals surface area contributed by atoms with E-state index in [-0.39, 0.29) is 11.9 Å². The topological polar surface area (TPSA) is 62.6 Å². The van der Waals surface area contributed by atoms with Gasteiger partial charge in [-0.1, -0.05) is 18.2 Å². The molecular formula is C24H28N2O3. The van der Waals surface area contributed by atoms with Crippen LogP contribution in [0.1, 0.15) is 54.0 Å². The minimum Gasteiger partial charge on any atom is -0.493 e. The zero-order valence-electron chi connectivity index (χ0n) is 17.4. The second kappa shape index (κ2) is 9.47. The number of nitrogens with zero attached hydrogens (tertiary/aromatic N) is 2. The van der Waals surface area contributed by atoms with Crippen LogP contribution in [-0.4, -0.2) is 31.1 Å². The van der Waals surface area contributed by atoms with Gasteiger partial charge in [0.25, 0.3) is 0 Å². The first-order valence-electron chi connectivity index (χ1n) is 10.1. The van der Waals surface area contributed by atoms with E-state index in [1.54, 1.807) is 25.3 Å². The van der Waals surface area contributed by atoms with Crippen LogP contribution in [0.15, 0.2) is 36.4 Å². The fourth-order valence-corrected chi connectivity index (χ4v) is 3.79. The predicted octanol–water partition coefficient (Wildman–Crippen LogP) is 4.71. The van der Waals surface area contributed by atoms with Crippen molar-refractivity contribution in [1.82, 2.24) is 4.90 Å². The zero-order chi connectivity index (χ0) is 20.8. The first-order chi connectivity index (χ1) is 14.0. The lowest BCUT2D eigenvalue weighted by Gasteiger charge is -2.26. The molecule has 1 saturated heterocycles. The Bertz CT molecular complexity index is 917. The quantitative estimate of drug-likeness (QED) is 0.641. The molecule has 0 saturated carbocycles. The number of rotatable bonds is 7. The number of likely N-dealkylation sites (tertiary alicyclic amines) is 1. The molecule has 0 radical (unpaired) electrons. The van der Waals surface area contributed by atoms with Gasteiger partial charge in [-0.3, -0.25) is 4.79 Å². The van der Waals surface area contributed by atoms with Crippen LogP contribution >= 0.6 is 0 Å². The first kappa shape index (κ1) is 20.7. The third kappa shape index (κ3) is 4.89. The SMILES string of the molecule is COc1cc(C#N)ccc1OCCCC(=O)N1CCCC1c1ccc(C)c(C)c1. The maximum absolute atomic E-state index is 12.8. The lowest BCUT2D eigenvalue weighted by atomic mass is 9.99. The molecule has 2 aromatic rings. The van der Waals surface area contributed by atoms with Gasteiger partial charge in [0.15, 0.2) is 11.5 Å². The van der Waals surface area contributed by atoms with Crippen LogP contribution < -0.4 is 9.47 Å². The standard InChI is InChI=1S/C24H28N2O3/c1-17-8-10-20(14-18(17)2)21-6-4-12-26(21)24(27)7-5-13-29-22-11-9-19(16-25)15-23(22)28-3/h8-11,14-15,21H,4-7,12-13H2,1-3H3. The number of ether oxygens (including phenoxy) is 2. The molecule has 152 valence electrons. The van der Waals surface area contributed by atoms with Gasteiger partial charge in [-0.25, -0.2) is 0 Å². The van der Waals surface area contributed by atoms with Crippen molar-refractivity contribution in [2.75, 3.05) is 20.3 Å². The van der Waals surface area contributed by atoms with E-state index < -0.39 is 0 Å². The summed E-state index contributed by atoms with van der Waals surface area (Å²) in [4.78, 5) is 14.8. The summed E-state index contributed by atoms with van der Waals surface area (Å²) in [5.41, 5.74) is 4.31. The Balaban J connectivity index is 1.54. The Morgan fingerprint density at radius 1 is 1.17 bits per heavy atom. The molecule has 1 aliphatic heterocycles. The fraction of sp³-hybridized carbons (Fsp3) is 0.417. The van der Waals surface area contributed by atoms with Gasteiger partial charge in [0.05, 0.1) is 31.4 Å². The molecule has 0 N–H and O–H groups in total. The average molecular weight is 392 g/mol. The molecule has 2 aromatic carbocycles. The third-order valence-corrected chi connectivity index (χ3v) is 5.57. The average Bonchev–Trinajstić information content (AvgIpc) is 3.23. The van der Waals surface area contributed by atoms with Gasteiger partial charge in [-0.2, -0.15) is 5.26 Å². The Morgan fingerprint density at radius 2 is 2.00 bits per heavy atom. The smallest absolute Gasteiger partial charge is 0.223 e. The van der Waals surface area contributed by atoms with Gasteiger partial charge in [0.2, 0.25) is 5.91 Å². The van der Waals surface area contributed by atoms with Gasteiger partial charge >= 0.3 is 0 Å². The lowest BCUT2D eigenvalue weighted by molar-refractivity contribution is -0.132. The molecule has 1 heterocycles. The number of methoxy groups -OCH3 is 1. The molecule has 1 atom stereocenters.